The average Bonchev–Trinajstić information content (AvgIpc) is 3.11. The van der Waals surface area contributed by atoms with Crippen molar-refractivity contribution < 1.29 is 14.2 Å². The van der Waals surface area contributed by atoms with Crippen LogP contribution >= 0.6 is 24.0 Å². The second kappa shape index (κ2) is 10.0. The lowest BCUT2D eigenvalue weighted by molar-refractivity contribution is -0.106. The molecule has 3 unspecified atom stereocenters. The first-order valence-corrected chi connectivity index (χ1v) is 9.97. The zero-order valence-electron chi connectivity index (χ0n) is 17.6. The second-order valence-electron chi connectivity index (χ2n) is 7.80. The molecule has 3 atom stereocenters. The molecule has 2 aliphatic rings. The highest BCUT2D eigenvalue weighted by atomic mass is 127. The van der Waals surface area contributed by atoms with Crippen LogP contribution < -0.4 is 20.1 Å². The molecule has 6 nitrogen and oxygen atoms in total. The van der Waals surface area contributed by atoms with Crippen molar-refractivity contribution in [3.8, 4) is 11.5 Å². The molecule has 158 valence electrons. The Labute approximate surface area is 185 Å². The van der Waals surface area contributed by atoms with Crippen LogP contribution in [0, 0.1) is 11.3 Å². The Hall–Kier alpha value is -1.22. The second-order valence-corrected chi connectivity index (χ2v) is 7.80. The third kappa shape index (κ3) is 4.67. The van der Waals surface area contributed by atoms with Gasteiger partial charge in [0.25, 0.3) is 0 Å². The van der Waals surface area contributed by atoms with Crippen LogP contribution in [-0.2, 0) is 11.3 Å². The van der Waals surface area contributed by atoms with E-state index in [0.29, 0.717) is 31.2 Å². The fraction of sp³-hybridized carbons (Fsp3) is 0.667. The van der Waals surface area contributed by atoms with Crippen molar-refractivity contribution in [3.63, 3.8) is 0 Å². The molecule has 0 bridgehead atoms. The van der Waals surface area contributed by atoms with Gasteiger partial charge in [-0.1, -0.05) is 19.9 Å². The van der Waals surface area contributed by atoms with Gasteiger partial charge in [-0.15, -0.1) is 24.0 Å². The van der Waals surface area contributed by atoms with E-state index in [2.05, 4.69) is 31.4 Å². The number of hydrogen-bond donors (Lipinski definition) is 2. The van der Waals surface area contributed by atoms with Crippen molar-refractivity contribution in [2.24, 2.45) is 16.3 Å². The van der Waals surface area contributed by atoms with E-state index in [1.165, 1.54) is 0 Å². The summed E-state index contributed by atoms with van der Waals surface area (Å²) in [6, 6.07) is 6.36. The van der Waals surface area contributed by atoms with Gasteiger partial charge in [-0.3, -0.25) is 0 Å². The number of guanidine groups is 1. The van der Waals surface area contributed by atoms with Gasteiger partial charge in [0.1, 0.15) is 0 Å². The van der Waals surface area contributed by atoms with Gasteiger partial charge in [-0.2, -0.15) is 0 Å². The molecule has 3 rings (SSSR count). The Morgan fingerprint density at radius 2 is 2.07 bits per heavy atom. The van der Waals surface area contributed by atoms with Crippen molar-refractivity contribution in [1.29, 1.82) is 0 Å². The SMILES string of the molecule is CCNC(=NCc1ccc(OC)c(OCC)c1)NC1C2CCOC2C1(C)C.I. The first kappa shape index (κ1) is 23.1. The lowest BCUT2D eigenvalue weighted by atomic mass is 9.57. The molecule has 1 saturated carbocycles. The number of nitrogens with one attached hydrogen (secondary N) is 2. The van der Waals surface area contributed by atoms with Crippen molar-refractivity contribution in [2.75, 3.05) is 26.9 Å². The molecule has 0 spiro atoms. The fourth-order valence-electron chi connectivity index (χ4n) is 4.34. The van der Waals surface area contributed by atoms with E-state index in [9.17, 15) is 0 Å². The molecule has 1 saturated heterocycles. The van der Waals surface area contributed by atoms with Crippen LogP contribution in [0.5, 0.6) is 11.5 Å². The monoisotopic (exact) mass is 503 g/mol. The minimum atomic E-state index is 0. The number of ether oxygens (including phenoxy) is 3. The summed E-state index contributed by atoms with van der Waals surface area (Å²) >= 11 is 0. The van der Waals surface area contributed by atoms with E-state index in [0.717, 1.165) is 42.6 Å². The number of rotatable bonds is 7. The number of fused-ring (bicyclic) bond motifs is 1. The van der Waals surface area contributed by atoms with E-state index >= 15 is 0 Å². The highest BCUT2D eigenvalue weighted by molar-refractivity contribution is 14.0. The number of nitrogens with zero attached hydrogens (tertiary/aromatic N) is 1. The van der Waals surface area contributed by atoms with E-state index in [1.54, 1.807) is 7.11 Å². The molecule has 0 radical (unpaired) electrons. The van der Waals surface area contributed by atoms with Gasteiger partial charge >= 0.3 is 0 Å². The van der Waals surface area contributed by atoms with Crippen LogP contribution in [0.4, 0.5) is 0 Å². The van der Waals surface area contributed by atoms with E-state index < -0.39 is 0 Å². The molecule has 7 heteroatoms. The molecule has 1 aromatic rings. The minimum absolute atomic E-state index is 0. The molecule has 1 aliphatic heterocycles. The van der Waals surface area contributed by atoms with Gasteiger partial charge in [0.15, 0.2) is 17.5 Å². The number of hydrogen-bond acceptors (Lipinski definition) is 4. The number of methoxy groups -OCH3 is 1. The molecular formula is C21H34IN3O3. The highest BCUT2D eigenvalue weighted by Gasteiger charge is 2.59. The van der Waals surface area contributed by atoms with Gasteiger partial charge < -0.3 is 24.8 Å². The molecule has 1 heterocycles. The first-order chi connectivity index (χ1) is 13.0. The maximum atomic E-state index is 5.90. The zero-order chi connectivity index (χ0) is 19.4. The Balaban J connectivity index is 0.00000280. The van der Waals surface area contributed by atoms with E-state index in [-0.39, 0.29) is 29.4 Å². The average molecular weight is 503 g/mol. The van der Waals surface area contributed by atoms with Crippen LogP contribution in [-0.4, -0.2) is 45.0 Å². The molecule has 0 amide bonds. The summed E-state index contributed by atoms with van der Waals surface area (Å²) in [6.07, 6.45) is 1.50. The summed E-state index contributed by atoms with van der Waals surface area (Å²) in [4.78, 5) is 4.80. The van der Waals surface area contributed by atoms with Gasteiger partial charge in [0, 0.05) is 30.5 Å². The van der Waals surface area contributed by atoms with Crippen molar-refractivity contribution in [3.05, 3.63) is 23.8 Å². The standard InChI is InChI=1S/C21H33N3O3.HI/c1-6-22-20(24-18-15-10-11-27-19(15)21(18,3)4)23-13-14-8-9-16(25-5)17(12-14)26-7-2;/h8-9,12,15,18-19H,6-7,10-11,13H2,1-5H3,(H2,22,23,24);1H. The number of halogens is 1. The lowest BCUT2D eigenvalue weighted by Gasteiger charge is -2.54. The molecule has 1 aliphatic carbocycles. The molecule has 1 aromatic carbocycles. The normalized spacial score (nSPS) is 25.2. The predicted octanol–water partition coefficient (Wildman–Crippen LogP) is 3.58. The van der Waals surface area contributed by atoms with Crippen molar-refractivity contribution >= 4 is 29.9 Å². The van der Waals surface area contributed by atoms with Crippen LogP contribution in [0.1, 0.15) is 39.7 Å². The molecule has 2 fully saturated rings. The summed E-state index contributed by atoms with van der Waals surface area (Å²) < 4.78 is 16.9. The summed E-state index contributed by atoms with van der Waals surface area (Å²) in [5, 5.41) is 7.03. The quantitative estimate of drug-likeness (QED) is 0.339. The Kier molecular flexibility index (Phi) is 8.24. The smallest absolute Gasteiger partial charge is 0.191 e. The minimum Gasteiger partial charge on any atom is -0.493 e. The topological polar surface area (TPSA) is 64.1 Å². The summed E-state index contributed by atoms with van der Waals surface area (Å²) in [5.74, 6) is 2.94. The number of benzene rings is 1. The highest BCUT2D eigenvalue weighted by Crippen LogP contribution is 2.52. The van der Waals surface area contributed by atoms with Gasteiger partial charge in [-0.25, -0.2) is 4.99 Å². The zero-order valence-corrected chi connectivity index (χ0v) is 19.9. The lowest BCUT2D eigenvalue weighted by Crippen LogP contribution is -2.67. The maximum absolute atomic E-state index is 5.90. The summed E-state index contributed by atoms with van der Waals surface area (Å²) in [5.41, 5.74) is 1.21. The fourth-order valence-corrected chi connectivity index (χ4v) is 4.34. The maximum Gasteiger partial charge on any atom is 0.191 e. The summed E-state index contributed by atoms with van der Waals surface area (Å²) in [7, 11) is 1.66. The van der Waals surface area contributed by atoms with Gasteiger partial charge in [0.2, 0.25) is 0 Å². The van der Waals surface area contributed by atoms with Crippen LogP contribution in [0.25, 0.3) is 0 Å². The number of aliphatic imine (C=N–C) groups is 1. The summed E-state index contributed by atoms with van der Waals surface area (Å²) in [6.45, 7) is 11.5. The van der Waals surface area contributed by atoms with Gasteiger partial charge in [0.05, 0.1) is 26.4 Å². The largest absolute Gasteiger partial charge is 0.493 e. The van der Waals surface area contributed by atoms with Crippen molar-refractivity contribution in [1.82, 2.24) is 10.6 Å². The van der Waals surface area contributed by atoms with Crippen molar-refractivity contribution in [2.45, 2.75) is 52.8 Å². The van der Waals surface area contributed by atoms with Crippen LogP contribution in [0.2, 0.25) is 0 Å². The van der Waals surface area contributed by atoms with E-state index in [4.69, 9.17) is 19.2 Å². The Bertz CT molecular complexity index is 681. The molecule has 2 N–H and O–H groups in total. The molecule has 0 aromatic heterocycles. The third-order valence-corrected chi connectivity index (χ3v) is 5.68. The Morgan fingerprint density at radius 1 is 1.29 bits per heavy atom. The van der Waals surface area contributed by atoms with E-state index in [1.807, 2.05) is 25.1 Å². The third-order valence-electron chi connectivity index (χ3n) is 5.68. The van der Waals surface area contributed by atoms with Gasteiger partial charge in [-0.05, 0) is 38.0 Å². The predicted molar refractivity (Wildman–Crippen MR) is 123 cm³/mol. The molecule has 28 heavy (non-hydrogen) atoms. The van der Waals surface area contributed by atoms with Crippen LogP contribution in [0.15, 0.2) is 23.2 Å². The Morgan fingerprint density at radius 3 is 2.75 bits per heavy atom. The first-order valence-electron chi connectivity index (χ1n) is 9.97. The van der Waals surface area contributed by atoms with Crippen LogP contribution in [0.3, 0.4) is 0 Å². The molecular weight excluding hydrogens is 469 g/mol.